The number of amides is 3. The highest BCUT2D eigenvalue weighted by atomic mass is 32.2. The zero-order chi connectivity index (χ0) is 21.9. The molecule has 6 nitrogen and oxygen atoms in total. The Morgan fingerprint density at radius 2 is 1.88 bits per heavy atom. The van der Waals surface area contributed by atoms with Gasteiger partial charge in [0.15, 0.2) is 0 Å². The normalized spacial score (nSPS) is 13.1. The molecule has 7 heteroatoms. The minimum absolute atomic E-state index is 0.107. The Balaban J connectivity index is 1.24. The van der Waals surface area contributed by atoms with Gasteiger partial charge in [-0.05, 0) is 46.8 Å². The Kier molecular flexibility index (Phi) is 5.56. The number of anilines is 2. The first kappa shape index (κ1) is 20.2. The average molecular weight is 443 g/mol. The lowest BCUT2D eigenvalue weighted by atomic mass is 10.1. The average Bonchev–Trinajstić information content (AvgIpc) is 3.28. The van der Waals surface area contributed by atoms with E-state index in [4.69, 9.17) is 0 Å². The van der Waals surface area contributed by atoms with Gasteiger partial charge in [-0.1, -0.05) is 42.5 Å². The lowest BCUT2D eigenvalue weighted by Gasteiger charge is -2.29. The molecule has 0 saturated carbocycles. The lowest BCUT2D eigenvalue weighted by molar-refractivity contribution is -0.116. The standard InChI is InChI=1S/C25H22N4O2S/c30-24-16-32-23-12-18(6-9-22(23)29(24)15-17-4-2-1-3-5-17)14-27-25(31)28-20-8-7-19-10-11-26-21(19)13-20/h1-13,26H,14-16H2,(H2,27,28,31). The SMILES string of the molecule is O=C(NCc1ccc2c(c1)SCC(=O)N2Cc1ccccc1)Nc1ccc2cc[nH]c2c1. The molecule has 0 unspecified atom stereocenters. The summed E-state index contributed by atoms with van der Waals surface area (Å²) < 4.78 is 0. The summed E-state index contributed by atoms with van der Waals surface area (Å²) in [7, 11) is 0. The van der Waals surface area contributed by atoms with E-state index in [9.17, 15) is 9.59 Å². The quantitative estimate of drug-likeness (QED) is 0.401. The fraction of sp³-hybridized carbons (Fsp3) is 0.120. The van der Waals surface area contributed by atoms with Crippen LogP contribution in [0.4, 0.5) is 16.2 Å². The Morgan fingerprint density at radius 1 is 1.00 bits per heavy atom. The predicted molar refractivity (Wildman–Crippen MR) is 129 cm³/mol. The Bertz CT molecular complexity index is 1290. The molecule has 160 valence electrons. The van der Waals surface area contributed by atoms with Gasteiger partial charge >= 0.3 is 6.03 Å². The summed E-state index contributed by atoms with van der Waals surface area (Å²) in [5, 5.41) is 6.87. The Labute approximate surface area is 190 Å². The van der Waals surface area contributed by atoms with Crippen LogP contribution in [0, 0.1) is 0 Å². The van der Waals surface area contributed by atoms with Gasteiger partial charge in [0.05, 0.1) is 18.0 Å². The molecule has 2 heterocycles. The van der Waals surface area contributed by atoms with Crippen LogP contribution in [0.25, 0.3) is 10.9 Å². The Hall–Kier alpha value is -3.71. The minimum atomic E-state index is -0.262. The van der Waals surface area contributed by atoms with E-state index in [1.807, 2.05) is 77.8 Å². The number of nitrogens with zero attached hydrogens (tertiary/aromatic N) is 1. The number of urea groups is 1. The first-order valence-electron chi connectivity index (χ1n) is 10.4. The number of aromatic nitrogens is 1. The van der Waals surface area contributed by atoms with E-state index >= 15 is 0 Å². The molecule has 32 heavy (non-hydrogen) atoms. The molecule has 0 saturated heterocycles. The van der Waals surface area contributed by atoms with Crippen LogP contribution < -0.4 is 15.5 Å². The predicted octanol–water partition coefficient (Wildman–Crippen LogP) is 5.13. The number of H-pyrrole nitrogens is 1. The second-order valence-corrected chi connectivity index (χ2v) is 8.66. The molecule has 3 amide bonds. The molecule has 3 N–H and O–H groups in total. The van der Waals surface area contributed by atoms with Crippen molar-refractivity contribution in [3.63, 3.8) is 0 Å². The van der Waals surface area contributed by atoms with E-state index < -0.39 is 0 Å². The summed E-state index contributed by atoms with van der Waals surface area (Å²) in [6.45, 7) is 0.954. The van der Waals surface area contributed by atoms with Crippen molar-refractivity contribution in [3.8, 4) is 0 Å². The van der Waals surface area contributed by atoms with Crippen molar-refractivity contribution in [2.75, 3.05) is 16.0 Å². The Morgan fingerprint density at radius 3 is 2.75 bits per heavy atom. The van der Waals surface area contributed by atoms with Crippen LogP contribution >= 0.6 is 11.8 Å². The third-order valence-corrected chi connectivity index (χ3v) is 6.45. The molecule has 4 aromatic rings. The van der Waals surface area contributed by atoms with Crippen molar-refractivity contribution in [1.82, 2.24) is 10.3 Å². The van der Waals surface area contributed by atoms with Gasteiger partial charge < -0.3 is 20.5 Å². The summed E-state index contributed by atoms with van der Waals surface area (Å²) in [6.07, 6.45) is 1.87. The summed E-state index contributed by atoms with van der Waals surface area (Å²) in [5.74, 6) is 0.522. The molecule has 1 aliphatic heterocycles. The van der Waals surface area contributed by atoms with Crippen molar-refractivity contribution >= 4 is 46.0 Å². The van der Waals surface area contributed by atoms with E-state index in [2.05, 4.69) is 21.7 Å². The van der Waals surface area contributed by atoms with Crippen molar-refractivity contribution in [3.05, 3.63) is 90.1 Å². The van der Waals surface area contributed by atoms with E-state index in [1.54, 1.807) is 11.8 Å². The van der Waals surface area contributed by atoms with Gasteiger partial charge in [0, 0.05) is 28.8 Å². The highest BCUT2D eigenvalue weighted by Crippen LogP contribution is 2.36. The molecule has 0 spiro atoms. The molecular weight excluding hydrogens is 420 g/mol. The minimum Gasteiger partial charge on any atom is -0.361 e. The smallest absolute Gasteiger partial charge is 0.319 e. The number of benzene rings is 3. The van der Waals surface area contributed by atoms with E-state index in [-0.39, 0.29) is 11.9 Å². The van der Waals surface area contributed by atoms with Gasteiger partial charge in [0.2, 0.25) is 5.91 Å². The van der Waals surface area contributed by atoms with Gasteiger partial charge in [0.1, 0.15) is 0 Å². The first-order chi connectivity index (χ1) is 15.7. The number of aromatic amines is 1. The van der Waals surface area contributed by atoms with Gasteiger partial charge in [0.25, 0.3) is 0 Å². The van der Waals surface area contributed by atoms with E-state index in [0.717, 1.165) is 38.3 Å². The summed E-state index contributed by atoms with van der Waals surface area (Å²) in [6, 6.07) is 23.4. The number of rotatable bonds is 5. The number of hydrogen-bond acceptors (Lipinski definition) is 3. The fourth-order valence-corrected chi connectivity index (χ4v) is 4.78. The van der Waals surface area contributed by atoms with Crippen molar-refractivity contribution in [1.29, 1.82) is 0 Å². The number of carbonyl (C=O) groups excluding carboxylic acids is 2. The van der Waals surface area contributed by atoms with Gasteiger partial charge in [-0.15, -0.1) is 11.8 Å². The van der Waals surface area contributed by atoms with Gasteiger partial charge in [-0.25, -0.2) is 4.79 Å². The van der Waals surface area contributed by atoms with Crippen LogP contribution in [0.2, 0.25) is 0 Å². The van der Waals surface area contributed by atoms with Gasteiger partial charge in [-0.2, -0.15) is 0 Å². The highest BCUT2D eigenvalue weighted by molar-refractivity contribution is 8.00. The molecule has 1 aliphatic rings. The second-order valence-electron chi connectivity index (χ2n) is 7.64. The van der Waals surface area contributed by atoms with Crippen LogP contribution in [-0.4, -0.2) is 22.7 Å². The topological polar surface area (TPSA) is 77.2 Å². The van der Waals surface area contributed by atoms with Crippen LogP contribution in [-0.2, 0) is 17.9 Å². The molecule has 5 rings (SSSR count). The van der Waals surface area contributed by atoms with Crippen LogP contribution in [0.3, 0.4) is 0 Å². The largest absolute Gasteiger partial charge is 0.361 e. The molecule has 0 atom stereocenters. The second kappa shape index (κ2) is 8.80. The van der Waals surface area contributed by atoms with Crippen LogP contribution in [0.1, 0.15) is 11.1 Å². The van der Waals surface area contributed by atoms with Crippen molar-refractivity contribution in [2.24, 2.45) is 0 Å². The van der Waals surface area contributed by atoms with Crippen molar-refractivity contribution in [2.45, 2.75) is 18.0 Å². The summed E-state index contributed by atoms with van der Waals surface area (Å²) in [5.41, 5.74) is 4.71. The number of hydrogen-bond donors (Lipinski definition) is 3. The first-order valence-corrected chi connectivity index (χ1v) is 11.4. The van der Waals surface area contributed by atoms with Crippen molar-refractivity contribution < 1.29 is 9.59 Å². The number of thioether (sulfide) groups is 1. The zero-order valence-corrected chi connectivity index (χ0v) is 18.1. The molecule has 3 aromatic carbocycles. The molecule has 1 aromatic heterocycles. The zero-order valence-electron chi connectivity index (χ0n) is 17.3. The number of fused-ring (bicyclic) bond motifs is 2. The van der Waals surface area contributed by atoms with E-state index in [1.165, 1.54) is 0 Å². The summed E-state index contributed by atoms with van der Waals surface area (Å²) in [4.78, 5) is 30.9. The van der Waals surface area contributed by atoms with Crippen LogP contribution in [0.5, 0.6) is 0 Å². The summed E-state index contributed by atoms with van der Waals surface area (Å²) >= 11 is 1.54. The lowest BCUT2D eigenvalue weighted by Crippen LogP contribution is -2.35. The highest BCUT2D eigenvalue weighted by Gasteiger charge is 2.25. The molecule has 0 radical (unpaired) electrons. The maximum absolute atomic E-state index is 12.5. The number of nitrogens with one attached hydrogen (secondary N) is 3. The van der Waals surface area contributed by atoms with Crippen LogP contribution in [0.15, 0.2) is 83.9 Å². The maximum Gasteiger partial charge on any atom is 0.319 e. The molecular formula is C25H22N4O2S. The number of carbonyl (C=O) groups is 2. The molecule has 0 fully saturated rings. The monoisotopic (exact) mass is 442 g/mol. The molecule has 0 bridgehead atoms. The maximum atomic E-state index is 12.5. The third-order valence-electron chi connectivity index (χ3n) is 5.42. The third kappa shape index (κ3) is 4.33. The fourth-order valence-electron chi connectivity index (χ4n) is 3.78. The molecule has 0 aliphatic carbocycles. The van der Waals surface area contributed by atoms with E-state index in [0.29, 0.717) is 18.8 Å². The van der Waals surface area contributed by atoms with Gasteiger partial charge in [-0.3, -0.25) is 4.79 Å².